The first-order valence-corrected chi connectivity index (χ1v) is 11.2. The molecular formula is C28H26N2O6. The van der Waals surface area contributed by atoms with Crippen LogP contribution < -0.4 is 25.6 Å². The van der Waals surface area contributed by atoms with Crippen molar-refractivity contribution in [2.45, 2.75) is 19.8 Å². The average Bonchev–Trinajstić information content (AvgIpc) is 2.90. The Morgan fingerprint density at radius 2 is 1.92 bits per heavy atom. The second-order valence-electron chi connectivity index (χ2n) is 8.08. The molecule has 0 aliphatic carbocycles. The highest BCUT2D eigenvalue weighted by atomic mass is 16.5. The minimum atomic E-state index is -0.819. The summed E-state index contributed by atoms with van der Waals surface area (Å²) in [5, 5.41) is 10.5. The summed E-state index contributed by atoms with van der Waals surface area (Å²) >= 11 is 0. The normalized spacial score (nSPS) is 15.7. The van der Waals surface area contributed by atoms with Crippen molar-refractivity contribution < 1.29 is 23.4 Å². The minimum absolute atomic E-state index is 0.0801. The van der Waals surface area contributed by atoms with Crippen LogP contribution in [0.15, 0.2) is 75.0 Å². The number of nitrogens with zero attached hydrogens (tertiary/aromatic N) is 1. The lowest BCUT2D eigenvalue weighted by atomic mass is 9.82. The monoisotopic (exact) mass is 486 g/mol. The standard InChI is InChI=1S/C28H26N2O6/c1-6-16(11-15(2)32-3)19-12-17(7-9-22(19)34-5)24-21(14-29)27(30)36-26-20-13-18(33-4)8-10-23(20)35-28(31)25(24)26/h6-13,24H,30H2,1-5H3/b15-11+,16-6+. The van der Waals surface area contributed by atoms with Crippen molar-refractivity contribution in [1.29, 1.82) is 5.26 Å². The summed E-state index contributed by atoms with van der Waals surface area (Å²) < 4.78 is 27.7. The van der Waals surface area contributed by atoms with Crippen LogP contribution in [-0.2, 0) is 4.74 Å². The summed E-state index contributed by atoms with van der Waals surface area (Å²) in [7, 11) is 4.71. The van der Waals surface area contributed by atoms with Gasteiger partial charge in [0, 0.05) is 5.56 Å². The zero-order chi connectivity index (χ0) is 26.0. The maximum Gasteiger partial charge on any atom is 0.344 e. The molecule has 0 fully saturated rings. The van der Waals surface area contributed by atoms with Gasteiger partial charge in [0.05, 0.1) is 44.0 Å². The van der Waals surface area contributed by atoms with Crippen molar-refractivity contribution in [3.63, 3.8) is 0 Å². The van der Waals surface area contributed by atoms with Crippen LogP contribution in [0.1, 0.15) is 36.5 Å². The summed E-state index contributed by atoms with van der Waals surface area (Å²) in [5.41, 5.74) is 8.45. The molecule has 1 atom stereocenters. The van der Waals surface area contributed by atoms with Crippen molar-refractivity contribution in [3.8, 4) is 23.3 Å². The number of rotatable bonds is 6. The number of nitrogens with two attached hydrogens (primary N) is 1. The van der Waals surface area contributed by atoms with Gasteiger partial charge in [-0.2, -0.15) is 5.26 Å². The van der Waals surface area contributed by atoms with Gasteiger partial charge in [-0.05, 0) is 61.4 Å². The largest absolute Gasteiger partial charge is 0.501 e. The molecule has 8 nitrogen and oxygen atoms in total. The van der Waals surface area contributed by atoms with E-state index in [1.807, 2.05) is 32.1 Å². The number of benzene rings is 2. The van der Waals surface area contributed by atoms with Gasteiger partial charge in [-0.1, -0.05) is 12.1 Å². The van der Waals surface area contributed by atoms with E-state index in [1.54, 1.807) is 44.6 Å². The molecule has 0 amide bonds. The van der Waals surface area contributed by atoms with Gasteiger partial charge in [-0.3, -0.25) is 0 Å². The Labute approximate surface area is 208 Å². The Morgan fingerprint density at radius 3 is 2.56 bits per heavy atom. The minimum Gasteiger partial charge on any atom is -0.501 e. The van der Waals surface area contributed by atoms with Gasteiger partial charge in [0.15, 0.2) is 5.75 Å². The van der Waals surface area contributed by atoms with Gasteiger partial charge in [0.1, 0.15) is 28.7 Å². The zero-order valence-electron chi connectivity index (χ0n) is 20.7. The number of nitriles is 1. The molecule has 2 heterocycles. The predicted molar refractivity (Wildman–Crippen MR) is 136 cm³/mol. The van der Waals surface area contributed by atoms with Crippen LogP contribution >= 0.6 is 0 Å². The van der Waals surface area contributed by atoms with E-state index in [0.29, 0.717) is 33.8 Å². The van der Waals surface area contributed by atoms with E-state index in [0.717, 1.165) is 11.1 Å². The van der Waals surface area contributed by atoms with Crippen molar-refractivity contribution in [3.05, 3.63) is 92.9 Å². The van der Waals surface area contributed by atoms with Crippen LogP contribution in [0.25, 0.3) is 16.5 Å². The maximum atomic E-state index is 13.3. The SMILES string of the molecule is C/C=C(\C=C(/C)OC)c1cc(C2C(C#N)=C(N)Oc3c2c(=O)oc2ccc(OC)cc32)ccc1OC. The first-order valence-electron chi connectivity index (χ1n) is 11.2. The maximum absolute atomic E-state index is 13.3. The predicted octanol–water partition coefficient (Wildman–Crippen LogP) is 4.98. The molecule has 1 aromatic heterocycles. The zero-order valence-corrected chi connectivity index (χ0v) is 20.7. The first kappa shape index (κ1) is 24.5. The third-order valence-corrected chi connectivity index (χ3v) is 6.13. The second-order valence-corrected chi connectivity index (χ2v) is 8.08. The number of hydrogen-bond donors (Lipinski definition) is 1. The van der Waals surface area contributed by atoms with Crippen molar-refractivity contribution >= 4 is 16.5 Å². The molecule has 1 aliphatic heterocycles. The molecule has 36 heavy (non-hydrogen) atoms. The van der Waals surface area contributed by atoms with Gasteiger partial charge >= 0.3 is 5.63 Å². The lowest BCUT2D eigenvalue weighted by Crippen LogP contribution is -2.26. The van der Waals surface area contributed by atoms with Crippen LogP contribution in [0.4, 0.5) is 0 Å². The first-order chi connectivity index (χ1) is 17.4. The van der Waals surface area contributed by atoms with Crippen LogP contribution in [0.3, 0.4) is 0 Å². The fourth-order valence-electron chi connectivity index (χ4n) is 4.28. The Balaban J connectivity index is 2.02. The van der Waals surface area contributed by atoms with Crippen molar-refractivity contribution in [1.82, 2.24) is 0 Å². The van der Waals surface area contributed by atoms with E-state index in [1.165, 1.54) is 7.11 Å². The Kier molecular flexibility index (Phi) is 6.75. The van der Waals surface area contributed by atoms with Crippen LogP contribution in [0, 0.1) is 11.3 Å². The molecule has 0 spiro atoms. The Bertz CT molecular complexity index is 1540. The fourth-order valence-corrected chi connectivity index (χ4v) is 4.28. The summed E-state index contributed by atoms with van der Waals surface area (Å²) in [5.74, 6) is 1.21. The summed E-state index contributed by atoms with van der Waals surface area (Å²) in [6.07, 6.45) is 3.80. The van der Waals surface area contributed by atoms with Crippen LogP contribution in [-0.4, -0.2) is 21.3 Å². The quantitative estimate of drug-likeness (QED) is 0.294. The van der Waals surface area contributed by atoms with E-state index in [9.17, 15) is 10.1 Å². The van der Waals surface area contributed by atoms with E-state index in [-0.39, 0.29) is 22.8 Å². The average molecular weight is 487 g/mol. The Hall–Kier alpha value is -4.64. The summed E-state index contributed by atoms with van der Waals surface area (Å²) in [6, 6.07) is 12.6. The molecule has 2 N–H and O–H groups in total. The molecule has 8 heteroatoms. The van der Waals surface area contributed by atoms with Gasteiger partial charge in [-0.25, -0.2) is 4.79 Å². The topological polar surface area (TPSA) is 117 Å². The second kappa shape index (κ2) is 9.92. The van der Waals surface area contributed by atoms with Crippen molar-refractivity contribution in [2.24, 2.45) is 5.73 Å². The summed E-state index contributed by atoms with van der Waals surface area (Å²) in [6.45, 7) is 3.74. The smallest absolute Gasteiger partial charge is 0.344 e. The van der Waals surface area contributed by atoms with E-state index in [2.05, 4.69) is 6.07 Å². The van der Waals surface area contributed by atoms with Crippen LogP contribution in [0.5, 0.6) is 17.2 Å². The highest BCUT2D eigenvalue weighted by molar-refractivity contribution is 5.87. The highest BCUT2D eigenvalue weighted by Gasteiger charge is 2.36. The van der Waals surface area contributed by atoms with E-state index in [4.69, 9.17) is 29.1 Å². The molecule has 4 rings (SSSR count). The van der Waals surface area contributed by atoms with E-state index < -0.39 is 11.5 Å². The molecule has 0 bridgehead atoms. The third-order valence-electron chi connectivity index (χ3n) is 6.13. The highest BCUT2D eigenvalue weighted by Crippen LogP contribution is 2.45. The van der Waals surface area contributed by atoms with E-state index >= 15 is 0 Å². The molecule has 184 valence electrons. The lowest BCUT2D eigenvalue weighted by molar-refractivity contribution is 0.294. The van der Waals surface area contributed by atoms with Crippen LogP contribution in [0.2, 0.25) is 0 Å². The molecule has 0 saturated carbocycles. The third kappa shape index (κ3) is 4.16. The van der Waals surface area contributed by atoms with Gasteiger partial charge in [0.2, 0.25) is 5.88 Å². The van der Waals surface area contributed by atoms with Gasteiger partial charge < -0.3 is 29.1 Å². The molecular weight excluding hydrogens is 460 g/mol. The number of methoxy groups -OCH3 is 3. The summed E-state index contributed by atoms with van der Waals surface area (Å²) in [4.78, 5) is 13.3. The molecule has 0 radical (unpaired) electrons. The van der Waals surface area contributed by atoms with Gasteiger partial charge in [0.25, 0.3) is 0 Å². The Morgan fingerprint density at radius 1 is 1.14 bits per heavy atom. The molecule has 0 saturated heterocycles. The molecule has 1 aliphatic rings. The number of hydrogen-bond acceptors (Lipinski definition) is 8. The lowest BCUT2D eigenvalue weighted by Gasteiger charge is -2.26. The number of fused-ring (bicyclic) bond motifs is 3. The van der Waals surface area contributed by atoms with Gasteiger partial charge in [-0.15, -0.1) is 0 Å². The van der Waals surface area contributed by atoms with Crippen molar-refractivity contribution in [2.75, 3.05) is 21.3 Å². The molecule has 1 unspecified atom stereocenters. The molecule has 3 aromatic rings. The number of allylic oxidation sites excluding steroid dienone is 5. The number of ether oxygens (including phenoxy) is 4. The molecule has 2 aromatic carbocycles. The fraction of sp³-hybridized carbons (Fsp3) is 0.214.